The molecule has 0 radical (unpaired) electrons. The summed E-state index contributed by atoms with van der Waals surface area (Å²) >= 11 is 2.50. The summed E-state index contributed by atoms with van der Waals surface area (Å²) < 4.78 is 18.0. The zero-order valence-electron chi connectivity index (χ0n) is 25.5. The van der Waals surface area contributed by atoms with Crippen LogP contribution in [0.25, 0.3) is 55.7 Å². The third kappa shape index (κ3) is 5.04. The molecule has 0 saturated carbocycles. The number of hydrogen-bond acceptors (Lipinski definition) is 8. The number of benzene rings is 6. The van der Waals surface area contributed by atoms with Crippen molar-refractivity contribution in [2.75, 3.05) is 9.80 Å². The van der Waals surface area contributed by atoms with E-state index in [1.54, 1.807) is 0 Å². The van der Waals surface area contributed by atoms with Crippen LogP contribution in [0.4, 0.5) is 11.4 Å². The van der Waals surface area contributed by atoms with E-state index >= 15 is 0 Å². The van der Waals surface area contributed by atoms with Crippen molar-refractivity contribution in [1.29, 1.82) is 0 Å². The van der Waals surface area contributed by atoms with Gasteiger partial charge in [-0.25, -0.2) is 0 Å². The van der Waals surface area contributed by atoms with Crippen LogP contribution in [0.5, 0.6) is 0 Å². The minimum Gasteiger partial charge on any atom is -0.313 e. The smallest absolute Gasteiger partial charge is 0.112 e. The highest BCUT2D eigenvalue weighted by Crippen LogP contribution is 2.39. The van der Waals surface area contributed by atoms with Gasteiger partial charge in [0.15, 0.2) is 0 Å². The highest BCUT2D eigenvalue weighted by molar-refractivity contribution is 7.00. The normalized spacial score (nSPS) is 13.2. The summed E-state index contributed by atoms with van der Waals surface area (Å²) in [5.74, 6) is 0. The second-order valence-electron chi connectivity index (χ2n) is 11.5. The predicted octanol–water partition coefficient (Wildman–Crippen LogP) is 10.4. The third-order valence-electron chi connectivity index (χ3n) is 8.65. The van der Waals surface area contributed by atoms with Crippen molar-refractivity contribution in [1.82, 2.24) is 17.5 Å². The molecule has 9 rings (SSSR count). The molecule has 0 atom stereocenters. The highest BCUT2D eigenvalue weighted by Gasteiger charge is 2.25. The van der Waals surface area contributed by atoms with Gasteiger partial charge >= 0.3 is 0 Å². The molecule has 1 aliphatic heterocycles. The van der Waals surface area contributed by atoms with Gasteiger partial charge in [0.1, 0.15) is 22.1 Å². The Morgan fingerprint density at radius 3 is 1.17 bits per heavy atom. The summed E-state index contributed by atoms with van der Waals surface area (Å²) in [6.45, 7) is 0. The fourth-order valence-electron chi connectivity index (χ4n) is 6.26. The number of para-hydroxylation sites is 2. The number of rotatable bonds is 6. The maximum atomic E-state index is 4.56. The molecule has 0 saturated heterocycles. The van der Waals surface area contributed by atoms with Crippen molar-refractivity contribution in [3.8, 4) is 22.3 Å². The van der Waals surface area contributed by atoms with Crippen LogP contribution in [0.2, 0.25) is 0 Å². The molecule has 0 bridgehead atoms. The monoisotopic (exact) mass is 654 g/mol. The van der Waals surface area contributed by atoms with Crippen LogP contribution >= 0.6 is 23.5 Å². The first-order valence-electron chi connectivity index (χ1n) is 15.6. The largest absolute Gasteiger partial charge is 0.313 e. The van der Waals surface area contributed by atoms with E-state index in [-0.39, 0.29) is 0 Å². The first-order valence-corrected chi connectivity index (χ1v) is 17.0. The molecule has 1 aliphatic rings. The van der Waals surface area contributed by atoms with E-state index in [9.17, 15) is 0 Å². The number of nitrogens with zero attached hydrogens (tertiary/aromatic N) is 6. The van der Waals surface area contributed by atoms with Gasteiger partial charge < -0.3 is 9.80 Å². The van der Waals surface area contributed by atoms with Crippen LogP contribution in [0.1, 0.15) is 11.1 Å². The molecule has 0 spiro atoms. The molecule has 228 valence electrons. The standard InChI is InChI=1S/C40H26N6S2/c1-3-9-31(10-4-1)45-25-38(30-23-19-28(20-24-30)34-14-8-16-36-40(34)44-48-42-36)46(32-11-5-2-6-12-32)26-37(45)29-21-17-27(18-22-29)33-13-7-15-35-39(33)43-47-41-35/h1-26H. The van der Waals surface area contributed by atoms with Gasteiger partial charge in [0.2, 0.25) is 0 Å². The molecule has 0 aliphatic carbocycles. The fourth-order valence-corrected chi connectivity index (χ4v) is 7.36. The van der Waals surface area contributed by atoms with Crippen molar-refractivity contribution < 1.29 is 0 Å². The Morgan fingerprint density at radius 1 is 0.354 bits per heavy atom. The molecule has 8 heteroatoms. The fraction of sp³-hybridized carbons (Fsp3) is 0. The third-order valence-corrected chi connectivity index (χ3v) is 9.73. The topological polar surface area (TPSA) is 58.0 Å². The Morgan fingerprint density at radius 2 is 0.750 bits per heavy atom. The summed E-state index contributed by atoms with van der Waals surface area (Å²) in [6, 6.07) is 50.8. The lowest BCUT2D eigenvalue weighted by Gasteiger charge is -2.36. The SMILES string of the molecule is C1=C(c2ccc(-c3cccc4nsnc34)cc2)N(c2ccccc2)C=C(c2ccc(-c3cccc4nsnc34)cc2)N1c1ccccc1. The van der Waals surface area contributed by atoms with Crippen LogP contribution in [-0.4, -0.2) is 17.5 Å². The summed E-state index contributed by atoms with van der Waals surface area (Å²) in [5.41, 5.74) is 14.6. The first-order chi connectivity index (χ1) is 23.8. The van der Waals surface area contributed by atoms with Crippen molar-refractivity contribution in [2.24, 2.45) is 0 Å². The van der Waals surface area contributed by atoms with Crippen LogP contribution < -0.4 is 9.80 Å². The van der Waals surface area contributed by atoms with Gasteiger partial charge in [-0.15, -0.1) is 0 Å². The zero-order valence-corrected chi connectivity index (χ0v) is 27.1. The molecule has 0 amide bonds. The van der Waals surface area contributed by atoms with E-state index in [1.165, 1.54) is 23.5 Å². The number of anilines is 2. The molecule has 2 aromatic heterocycles. The molecule has 0 unspecified atom stereocenters. The van der Waals surface area contributed by atoms with E-state index in [2.05, 4.69) is 161 Å². The summed E-state index contributed by atoms with van der Waals surface area (Å²) in [6.07, 6.45) is 4.49. The summed E-state index contributed by atoms with van der Waals surface area (Å²) in [7, 11) is 0. The van der Waals surface area contributed by atoms with E-state index in [1.807, 2.05) is 24.3 Å². The minimum absolute atomic E-state index is 0.924. The van der Waals surface area contributed by atoms with E-state index in [4.69, 9.17) is 0 Å². The second-order valence-corrected chi connectivity index (χ2v) is 12.5. The lowest BCUT2D eigenvalue weighted by Crippen LogP contribution is -2.27. The Balaban J connectivity index is 1.15. The van der Waals surface area contributed by atoms with E-state index in [0.29, 0.717) is 0 Å². The molecular formula is C40H26N6S2. The minimum atomic E-state index is 0.924. The molecule has 48 heavy (non-hydrogen) atoms. The Hall–Kier alpha value is -5.96. The maximum absolute atomic E-state index is 4.56. The first kappa shape index (κ1) is 28.3. The zero-order chi connectivity index (χ0) is 31.9. The lowest BCUT2D eigenvalue weighted by molar-refractivity contribution is 1.18. The Labute approximate surface area is 285 Å². The van der Waals surface area contributed by atoms with Crippen molar-refractivity contribution in [2.45, 2.75) is 0 Å². The van der Waals surface area contributed by atoms with Crippen molar-refractivity contribution >= 4 is 68.3 Å². The Kier molecular flexibility index (Phi) is 7.07. The molecule has 0 N–H and O–H groups in total. The number of hydrogen-bond donors (Lipinski definition) is 0. The van der Waals surface area contributed by atoms with E-state index < -0.39 is 0 Å². The van der Waals surface area contributed by atoms with Crippen LogP contribution in [0, 0.1) is 0 Å². The molecule has 6 aromatic carbocycles. The predicted molar refractivity (Wildman–Crippen MR) is 199 cm³/mol. The molecule has 0 fully saturated rings. The van der Waals surface area contributed by atoms with Gasteiger partial charge in [-0.2, -0.15) is 17.5 Å². The molecule has 6 nitrogen and oxygen atoms in total. The quantitative estimate of drug-likeness (QED) is 0.178. The molecule has 8 aromatic rings. The van der Waals surface area contributed by atoms with Crippen LogP contribution in [0.15, 0.2) is 158 Å². The number of fused-ring (bicyclic) bond motifs is 2. The van der Waals surface area contributed by atoms with Crippen molar-refractivity contribution in [3.05, 3.63) is 169 Å². The van der Waals surface area contributed by atoms with Gasteiger partial charge in [-0.3, -0.25) is 0 Å². The summed E-state index contributed by atoms with van der Waals surface area (Å²) in [4.78, 5) is 4.56. The van der Waals surface area contributed by atoms with Gasteiger partial charge in [0.25, 0.3) is 0 Å². The average Bonchev–Trinajstić information content (AvgIpc) is 3.86. The second kappa shape index (κ2) is 12.0. The Bertz CT molecular complexity index is 2270. The average molecular weight is 655 g/mol. The van der Waals surface area contributed by atoms with Crippen LogP contribution in [0.3, 0.4) is 0 Å². The molecular weight excluding hydrogens is 629 g/mol. The highest BCUT2D eigenvalue weighted by atomic mass is 32.1. The number of aromatic nitrogens is 4. The molecule has 3 heterocycles. The van der Waals surface area contributed by atoms with Gasteiger partial charge in [-0.05, 0) is 47.5 Å². The van der Waals surface area contributed by atoms with Gasteiger partial charge in [-0.1, -0.05) is 109 Å². The van der Waals surface area contributed by atoms with Crippen molar-refractivity contribution in [3.63, 3.8) is 0 Å². The van der Waals surface area contributed by atoms with Crippen LogP contribution in [-0.2, 0) is 0 Å². The lowest BCUT2D eigenvalue weighted by atomic mass is 9.99. The maximum Gasteiger partial charge on any atom is 0.112 e. The van der Waals surface area contributed by atoms with Gasteiger partial charge in [0, 0.05) is 46.0 Å². The summed E-state index contributed by atoms with van der Waals surface area (Å²) in [5, 5.41) is 0. The van der Waals surface area contributed by atoms with Gasteiger partial charge in [0.05, 0.1) is 34.9 Å². The van der Waals surface area contributed by atoms with E-state index in [0.717, 1.165) is 78.2 Å².